The Morgan fingerprint density at radius 2 is 1.90 bits per heavy atom. The largest absolute Gasteiger partial charge is 0.507 e. The van der Waals surface area contributed by atoms with E-state index in [1.165, 1.54) is 11.0 Å². The molecule has 0 aromatic heterocycles. The van der Waals surface area contributed by atoms with Crippen LogP contribution in [0.3, 0.4) is 0 Å². The lowest BCUT2D eigenvalue weighted by Gasteiger charge is -2.14. The lowest BCUT2D eigenvalue weighted by atomic mass is 10.2. The van der Waals surface area contributed by atoms with Gasteiger partial charge in [-0.05, 0) is 43.3 Å². The highest BCUT2D eigenvalue weighted by atomic mass is 32.2. The first-order valence-electron chi connectivity index (χ1n) is 9.49. The molecule has 0 bridgehead atoms. The Morgan fingerprint density at radius 3 is 2.58 bits per heavy atom. The van der Waals surface area contributed by atoms with Crippen LogP contribution < -0.4 is 5.32 Å². The first kappa shape index (κ1) is 22.5. The van der Waals surface area contributed by atoms with Crippen molar-refractivity contribution >= 4 is 57.8 Å². The summed E-state index contributed by atoms with van der Waals surface area (Å²) < 4.78 is 5.28. The van der Waals surface area contributed by atoms with Crippen molar-refractivity contribution in [3.05, 3.63) is 64.6 Å². The zero-order valence-corrected chi connectivity index (χ0v) is 18.3. The maximum atomic E-state index is 12.6. The summed E-state index contributed by atoms with van der Waals surface area (Å²) in [4.78, 5) is 38.4. The van der Waals surface area contributed by atoms with Gasteiger partial charge in [0, 0.05) is 24.2 Å². The summed E-state index contributed by atoms with van der Waals surface area (Å²) in [6, 6.07) is 13.0. The summed E-state index contributed by atoms with van der Waals surface area (Å²) in [6.07, 6.45) is 1.63. The van der Waals surface area contributed by atoms with E-state index in [4.69, 9.17) is 17.0 Å². The van der Waals surface area contributed by atoms with Crippen LogP contribution >= 0.6 is 24.0 Å². The molecule has 160 valence electrons. The fourth-order valence-electron chi connectivity index (χ4n) is 2.78. The monoisotopic (exact) mass is 456 g/mol. The Bertz CT molecular complexity index is 1050. The number of hydrogen-bond donors (Lipinski definition) is 2. The molecule has 7 nitrogen and oxygen atoms in total. The average molecular weight is 457 g/mol. The van der Waals surface area contributed by atoms with Crippen molar-refractivity contribution in [2.45, 2.75) is 13.3 Å². The molecule has 1 fully saturated rings. The van der Waals surface area contributed by atoms with E-state index in [0.717, 1.165) is 11.8 Å². The Morgan fingerprint density at radius 1 is 1.19 bits per heavy atom. The molecule has 0 radical (unpaired) electrons. The number of benzene rings is 2. The van der Waals surface area contributed by atoms with Crippen molar-refractivity contribution in [1.82, 2.24) is 4.90 Å². The zero-order valence-electron chi connectivity index (χ0n) is 16.7. The first-order chi connectivity index (χ1) is 14.9. The van der Waals surface area contributed by atoms with Gasteiger partial charge in [-0.25, -0.2) is 4.79 Å². The summed E-state index contributed by atoms with van der Waals surface area (Å²) >= 11 is 6.41. The number of aromatic hydroxyl groups is 1. The number of nitrogens with one attached hydrogen (secondary N) is 1. The molecule has 0 unspecified atom stereocenters. The molecule has 2 aromatic rings. The lowest BCUT2D eigenvalue weighted by molar-refractivity contribution is -0.122. The number of thiocarbonyl (C=S) groups is 1. The van der Waals surface area contributed by atoms with Gasteiger partial charge in [-0.1, -0.05) is 42.2 Å². The quantitative estimate of drug-likeness (QED) is 0.372. The molecule has 2 N–H and O–H groups in total. The van der Waals surface area contributed by atoms with Crippen LogP contribution in [0.25, 0.3) is 6.08 Å². The topological polar surface area (TPSA) is 95.9 Å². The molecular formula is C22H20N2O5S2. The minimum atomic E-state index is -0.424. The highest BCUT2D eigenvalue weighted by Gasteiger charge is 2.32. The van der Waals surface area contributed by atoms with Gasteiger partial charge in [0.15, 0.2) is 0 Å². The van der Waals surface area contributed by atoms with Crippen LogP contribution in [0.1, 0.15) is 29.3 Å². The van der Waals surface area contributed by atoms with Gasteiger partial charge in [-0.3, -0.25) is 14.5 Å². The number of esters is 1. The zero-order chi connectivity index (χ0) is 22.4. The third kappa shape index (κ3) is 5.71. The van der Waals surface area contributed by atoms with E-state index in [9.17, 15) is 19.5 Å². The molecule has 0 aliphatic carbocycles. The van der Waals surface area contributed by atoms with Gasteiger partial charge in [0.2, 0.25) is 5.91 Å². The molecule has 2 amide bonds. The predicted octanol–water partition coefficient (Wildman–Crippen LogP) is 3.80. The first-order valence-corrected chi connectivity index (χ1v) is 10.7. The minimum Gasteiger partial charge on any atom is -0.507 e. The van der Waals surface area contributed by atoms with E-state index in [0.29, 0.717) is 26.0 Å². The van der Waals surface area contributed by atoms with Gasteiger partial charge in [0.05, 0.1) is 17.1 Å². The number of phenolic OH excluding ortho intramolecular Hbond substituents is 1. The number of rotatable bonds is 7. The van der Waals surface area contributed by atoms with Crippen LogP contribution in [-0.2, 0) is 14.3 Å². The Labute approximate surface area is 189 Å². The fraction of sp³-hybridized carbons (Fsp3) is 0.182. The average Bonchev–Trinajstić information content (AvgIpc) is 3.01. The predicted molar refractivity (Wildman–Crippen MR) is 124 cm³/mol. The van der Waals surface area contributed by atoms with Crippen molar-refractivity contribution in [2.24, 2.45) is 0 Å². The van der Waals surface area contributed by atoms with Gasteiger partial charge in [-0.15, -0.1) is 0 Å². The molecule has 1 aliphatic rings. The smallest absolute Gasteiger partial charge is 0.338 e. The van der Waals surface area contributed by atoms with Crippen LogP contribution in [-0.4, -0.2) is 45.3 Å². The van der Waals surface area contributed by atoms with Gasteiger partial charge in [-0.2, -0.15) is 0 Å². The van der Waals surface area contributed by atoms with E-state index in [1.807, 2.05) is 0 Å². The molecule has 1 aliphatic heterocycles. The second-order valence-corrected chi connectivity index (χ2v) is 8.16. The van der Waals surface area contributed by atoms with E-state index >= 15 is 0 Å². The Hall–Kier alpha value is -3.17. The molecular weight excluding hydrogens is 436 g/mol. The second kappa shape index (κ2) is 10.2. The van der Waals surface area contributed by atoms with Crippen molar-refractivity contribution in [2.75, 3.05) is 18.5 Å². The second-order valence-electron chi connectivity index (χ2n) is 6.49. The molecule has 2 aromatic carbocycles. The van der Waals surface area contributed by atoms with Crippen molar-refractivity contribution in [1.29, 1.82) is 0 Å². The summed E-state index contributed by atoms with van der Waals surface area (Å²) in [5.74, 6) is -0.944. The molecule has 1 heterocycles. The highest BCUT2D eigenvalue weighted by Crippen LogP contribution is 2.34. The number of hydrogen-bond acceptors (Lipinski definition) is 7. The number of para-hydroxylation sites is 1. The third-order valence-electron chi connectivity index (χ3n) is 4.34. The maximum Gasteiger partial charge on any atom is 0.338 e. The standard InChI is InChI=1S/C22H20N2O5S2/c1-2-29-21(28)14-7-9-16(10-8-14)23-19(26)11-12-24-20(27)18(31-22(24)30)13-15-5-3-4-6-17(15)25/h3-10,13,25H,2,11-12H2,1H3,(H,23,26)/b18-13-. The number of carbonyl (C=O) groups is 3. The summed E-state index contributed by atoms with van der Waals surface area (Å²) in [6.45, 7) is 2.15. The molecule has 1 saturated heterocycles. The Kier molecular flexibility index (Phi) is 7.43. The van der Waals surface area contributed by atoms with Crippen LogP contribution in [0.15, 0.2) is 53.4 Å². The SMILES string of the molecule is CCOC(=O)c1ccc(NC(=O)CCN2C(=O)/C(=C/c3ccccc3O)SC2=S)cc1. The Balaban J connectivity index is 1.56. The van der Waals surface area contributed by atoms with Crippen LogP contribution in [0.2, 0.25) is 0 Å². The van der Waals surface area contributed by atoms with E-state index < -0.39 is 5.97 Å². The fourth-order valence-corrected chi connectivity index (χ4v) is 4.08. The number of thioether (sulfide) groups is 1. The summed E-state index contributed by atoms with van der Waals surface area (Å²) in [5.41, 5.74) is 1.45. The van der Waals surface area contributed by atoms with Gasteiger partial charge in [0.25, 0.3) is 5.91 Å². The van der Waals surface area contributed by atoms with Crippen LogP contribution in [0.4, 0.5) is 5.69 Å². The molecule has 3 rings (SSSR count). The number of phenols is 1. The normalized spacial score (nSPS) is 14.7. The van der Waals surface area contributed by atoms with Gasteiger partial charge in [0.1, 0.15) is 10.1 Å². The van der Waals surface area contributed by atoms with Crippen LogP contribution in [0.5, 0.6) is 5.75 Å². The van der Waals surface area contributed by atoms with Crippen LogP contribution in [0, 0.1) is 0 Å². The molecule has 31 heavy (non-hydrogen) atoms. The number of nitrogens with zero attached hydrogens (tertiary/aromatic N) is 1. The van der Waals surface area contributed by atoms with E-state index in [2.05, 4.69) is 5.32 Å². The third-order valence-corrected chi connectivity index (χ3v) is 5.72. The maximum absolute atomic E-state index is 12.6. The molecule has 0 saturated carbocycles. The molecule has 9 heteroatoms. The lowest BCUT2D eigenvalue weighted by Crippen LogP contribution is -2.31. The molecule has 0 spiro atoms. The van der Waals surface area contributed by atoms with E-state index in [1.54, 1.807) is 55.5 Å². The van der Waals surface area contributed by atoms with Crippen molar-refractivity contribution < 1.29 is 24.2 Å². The molecule has 0 atom stereocenters. The number of amides is 2. The van der Waals surface area contributed by atoms with Crippen molar-refractivity contribution in [3.63, 3.8) is 0 Å². The number of carbonyl (C=O) groups excluding carboxylic acids is 3. The highest BCUT2D eigenvalue weighted by molar-refractivity contribution is 8.26. The van der Waals surface area contributed by atoms with Gasteiger partial charge >= 0.3 is 5.97 Å². The summed E-state index contributed by atoms with van der Waals surface area (Å²) in [5, 5.41) is 12.6. The van der Waals surface area contributed by atoms with Crippen molar-refractivity contribution in [3.8, 4) is 5.75 Å². The van der Waals surface area contributed by atoms with Gasteiger partial charge < -0.3 is 15.2 Å². The minimum absolute atomic E-state index is 0.0515. The van der Waals surface area contributed by atoms with E-state index in [-0.39, 0.29) is 37.1 Å². The number of anilines is 1. The summed E-state index contributed by atoms with van der Waals surface area (Å²) in [7, 11) is 0. The number of ether oxygens (including phenoxy) is 1.